The minimum atomic E-state index is 0.650. The maximum Gasteiger partial charge on any atom is 0.225 e. The van der Waals surface area contributed by atoms with Gasteiger partial charge in [-0.2, -0.15) is 0 Å². The molecule has 0 radical (unpaired) electrons. The summed E-state index contributed by atoms with van der Waals surface area (Å²) in [7, 11) is 0. The third kappa shape index (κ3) is 1.88. The van der Waals surface area contributed by atoms with Gasteiger partial charge < -0.3 is 9.64 Å². The van der Waals surface area contributed by atoms with Crippen molar-refractivity contribution in [2.45, 2.75) is 0 Å². The molecule has 2 atom stereocenters. The second-order valence-corrected chi connectivity index (χ2v) is 5.65. The van der Waals surface area contributed by atoms with Crippen molar-refractivity contribution in [3.05, 3.63) is 36.5 Å². The summed E-state index contributed by atoms with van der Waals surface area (Å²) in [5.41, 5.74) is 2.09. The van der Waals surface area contributed by atoms with Crippen molar-refractivity contribution in [3.8, 4) is 0 Å². The molecule has 3 heterocycles. The molecule has 1 aromatic carbocycles. The first kappa shape index (κ1) is 11.9. The molecule has 2 fully saturated rings. The molecule has 1 aromatic heterocycles. The fraction of sp³-hybridized carbons (Fsp3) is 0.375. The lowest BCUT2D eigenvalue weighted by molar-refractivity contribution is 0.177. The molecule has 2 aliphatic heterocycles. The molecule has 0 saturated carbocycles. The molecular weight excluding hydrogens is 250 g/mol. The van der Waals surface area contributed by atoms with Crippen molar-refractivity contribution in [2.75, 3.05) is 31.2 Å². The third-order valence-corrected chi connectivity index (χ3v) is 4.35. The van der Waals surface area contributed by atoms with Crippen LogP contribution in [0.25, 0.3) is 17.0 Å². The minimum Gasteiger partial charge on any atom is -0.381 e. The highest BCUT2D eigenvalue weighted by Gasteiger charge is 2.38. The van der Waals surface area contributed by atoms with Gasteiger partial charge in [0, 0.05) is 36.5 Å². The van der Waals surface area contributed by atoms with Gasteiger partial charge in [0.05, 0.1) is 18.7 Å². The van der Waals surface area contributed by atoms with E-state index < -0.39 is 0 Å². The van der Waals surface area contributed by atoms with Crippen molar-refractivity contribution < 1.29 is 4.74 Å². The van der Waals surface area contributed by atoms with Crippen molar-refractivity contribution in [2.24, 2.45) is 11.8 Å². The molecule has 4 rings (SSSR count). The zero-order chi connectivity index (χ0) is 13.5. The molecule has 0 aliphatic carbocycles. The normalized spacial score (nSPS) is 25.1. The number of aromatic nitrogens is 2. The summed E-state index contributed by atoms with van der Waals surface area (Å²) in [6, 6.07) is 6.15. The second kappa shape index (κ2) is 4.56. The number of hydrogen-bond acceptors (Lipinski definition) is 4. The maximum atomic E-state index is 5.51. The van der Waals surface area contributed by atoms with Gasteiger partial charge in [-0.1, -0.05) is 18.7 Å². The zero-order valence-corrected chi connectivity index (χ0v) is 11.3. The lowest BCUT2D eigenvalue weighted by Crippen LogP contribution is -2.24. The van der Waals surface area contributed by atoms with Crippen LogP contribution in [0.2, 0.25) is 0 Å². The largest absolute Gasteiger partial charge is 0.381 e. The third-order valence-electron chi connectivity index (χ3n) is 4.35. The molecule has 4 nitrogen and oxygen atoms in total. The Bertz CT molecular complexity index is 658. The van der Waals surface area contributed by atoms with Gasteiger partial charge in [0.1, 0.15) is 0 Å². The van der Waals surface area contributed by atoms with E-state index in [1.165, 1.54) is 0 Å². The predicted octanol–water partition coefficient (Wildman–Crippen LogP) is 2.36. The van der Waals surface area contributed by atoms with E-state index in [1.54, 1.807) is 0 Å². The van der Waals surface area contributed by atoms with Gasteiger partial charge in [-0.25, -0.2) is 9.97 Å². The summed E-state index contributed by atoms with van der Waals surface area (Å²) in [5.74, 6) is 2.15. The van der Waals surface area contributed by atoms with Crippen LogP contribution in [-0.4, -0.2) is 36.3 Å². The Balaban J connectivity index is 1.66. The Morgan fingerprint density at radius 1 is 1.25 bits per heavy atom. The van der Waals surface area contributed by atoms with Crippen LogP contribution in [0.3, 0.4) is 0 Å². The molecule has 0 bridgehead atoms. The van der Waals surface area contributed by atoms with Crippen LogP contribution in [-0.2, 0) is 4.74 Å². The number of anilines is 1. The molecule has 4 heteroatoms. The minimum absolute atomic E-state index is 0.650. The Labute approximate surface area is 118 Å². The van der Waals surface area contributed by atoms with Crippen LogP contribution < -0.4 is 4.90 Å². The summed E-state index contributed by atoms with van der Waals surface area (Å²) in [5, 5.41) is 1.06. The summed E-state index contributed by atoms with van der Waals surface area (Å²) < 4.78 is 5.51. The summed E-state index contributed by atoms with van der Waals surface area (Å²) in [6.07, 6.45) is 3.75. The molecule has 102 valence electrons. The van der Waals surface area contributed by atoms with Gasteiger partial charge in [-0.05, 0) is 17.7 Å². The van der Waals surface area contributed by atoms with E-state index in [1.807, 2.05) is 24.4 Å². The van der Waals surface area contributed by atoms with Gasteiger partial charge in [0.15, 0.2) is 0 Å². The van der Waals surface area contributed by atoms with Crippen LogP contribution in [0, 0.1) is 11.8 Å². The van der Waals surface area contributed by atoms with Gasteiger partial charge >= 0.3 is 0 Å². The fourth-order valence-corrected chi connectivity index (χ4v) is 3.17. The number of benzene rings is 1. The highest BCUT2D eigenvalue weighted by molar-refractivity contribution is 5.81. The first-order chi connectivity index (χ1) is 9.83. The van der Waals surface area contributed by atoms with Gasteiger partial charge in [0.25, 0.3) is 0 Å². The van der Waals surface area contributed by atoms with E-state index >= 15 is 0 Å². The van der Waals surface area contributed by atoms with E-state index in [9.17, 15) is 0 Å². The van der Waals surface area contributed by atoms with Crippen molar-refractivity contribution in [3.63, 3.8) is 0 Å². The van der Waals surface area contributed by atoms with Crippen LogP contribution >= 0.6 is 0 Å². The number of hydrogen-bond donors (Lipinski definition) is 0. The summed E-state index contributed by atoms with van der Waals surface area (Å²) >= 11 is 0. The highest BCUT2D eigenvalue weighted by atomic mass is 16.5. The van der Waals surface area contributed by atoms with E-state index in [0.29, 0.717) is 11.8 Å². The van der Waals surface area contributed by atoms with E-state index in [2.05, 4.69) is 22.5 Å². The predicted molar refractivity (Wildman–Crippen MR) is 79.6 cm³/mol. The lowest BCUT2D eigenvalue weighted by atomic mass is 10.0. The Morgan fingerprint density at radius 3 is 2.80 bits per heavy atom. The van der Waals surface area contributed by atoms with Gasteiger partial charge in [-0.15, -0.1) is 0 Å². The Hall–Kier alpha value is -1.94. The molecule has 0 amide bonds. The van der Waals surface area contributed by atoms with Crippen molar-refractivity contribution in [1.29, 1.82) is 0 Å². The summed E-state index contributed by atoms with van der Waals surface area (Å²) in [4.78, 5) is 11.5. The summed E-state index contributed by atoms with van der Waals surface area (Å²) in [6.45, 7) is 7.59. The first-order valence-corrected chi connectivity index (χ1v) is 7.05. The monoisotopic (exact) mass is 267 g/mol. The van der Waals surface area contributed by atoms with Crippen molar-refractivity contribution >= 4 is 22.9 Å². The number of nitrogens with zero attached hydrogens (tertiary/aromatic N) is 3. The average molecular weight is 267 g/mol. The topological polar surface area (TPSA) is 38.2 Å². The molecule has 2 saturated heterocycles. The van der Waals surface area contributed by atoms with Gasteiger partial charge in [-0.3, -0.25) is 0 Å². The average Bonchev–Trinajstić information content (AvgIpc) is 3.07. The molecular formula is C16H17N3O. The Morgan fingerprint density at radius 2 is 2.05 bits per heavy atom. The zero-order valence-electron chi connectivity index (χ0n) is 11.3. The van der Waals surface area contributed by atoms with Crippen LogP contribution in [0.4, 0.5) is 5.95 Å². The smallest absolute Gasteiger partial charge is 0.225 e. The molecule has 0 unspecified atom stereocenters. The molecule has 0 N–H and O–H groups in total. The van der Waals surface area contributed by atoms with E-state index in [4.69, 9.17) is 9.72 Å². The Kier molecular flexibility index (Phi) is 2.70. The second-order valence-electron chi connectivity index (χ2n) is 5.65. The van der Waals surface area contributed by atoms with Crippen LogP contribution in [0.1, 0.15) is 5.56 Å². The van der Waals surface area contributed by atoms with Crippen LogP contribution in [0.5, 0.6) is 0 Å². The standard InChI is InChI=1S/C16H17N3O/c1-2-11-3-4-15-12(5-11)6-17-16(18-15)19-7-13-9-20-10-14(13)8-19/h2-6,13-14H,1,7-10H2/t13-,14+. The number of fused-ring (bicyclic) bond motifs is 2. The number of ether oxygens (including phenoxy) is 1. The highest BCUT2D eigenvalue weighted by Crippen LogP contribution is 2.31. The van der Waals surface area contributed by atoms with Crippen molar-refractivity contribution in [1.82, 2.24) is 9.97 Å². The quantitative estimate of drug-likeness (QED) is 0.837. The molecule has 0 spiro atoms. The molecule has 2 aromatic rings. The fourth-order valence-electron chi connectivity index (χ4n) is 3.17. The molecule has 20 heavy (non-hydrogen) atoms. The maximum absolute atomic E-state index is 5.51. The first-order valence-electron chi connectivity index (χ1n) is 7.05. The SMILES string of the molecule is C=Cc1ccc2nc(N3C[C@H]4COC[C@H]4C3)ncc2c1. The van der Waals surface area contributed by atoms with E-state index in [-0.39, 0.29) is 0 Å². The molecule has 2 aliphatic rings. The van der Waals surface area contributed by atoms with E-state index in [0.717, 1.165) is 48.7 Å². The number of rotatable bonds is 2. The van der Waals surface area contributed by atoms with Crippen LogP contribution in [0.15, 0.2) is 31.0 Å². The lowest BCUT2D eigenvalue weighted by Gasteiger charge is -2.17. The van der Waals surface area contributed by atoms with Gasteiger partial charge in [0.2, 0.25) is 5.95 Å².